The molecule has 0 aliphatic carbocycles. The van der Waals surface area contributed by atoms with Gasteiger partial charge in [-0.1, -0.05) is 0 Å². The lowest BCUT2D eigenvalue weighted by atomic mass is 9.98. The number of likely N-dealkylation sites (tertiary alicyclic amines) is 1. The number of carboxylic acids is 1. The van der Waals surface area contributed by atoms with Gasteiger partial charge in [0.05, 0.1) is 6.10 Å². The summed E-state index contributed by atoms with van der Waals surface area (Å²) in [5, 5.41) is 9.14. The smallest absolute Gasteiger partial charge is 0.323 e. The van der Waals surface area contributed by atoms with Crippen molar-refractivity contribution in [2.45, 2.75) is 37.8 Å². The van der Waals surface area contributed by atoms with Gasteiger partial charge in [-0.25, -0.2) is 0 Å². The van der Waals surface area contributed by atoms with Crippen molar-refractivity contribution >= 4 is 5.97 Å². The predicted octanol–water partition coefficient (Wildman–Crippen LogP) is 0.714. The molecule has 4 heteroatoms. The second kappa shape index (κ2) is 4.28. The maximum atomic E-state index is 11.1. The molecule has 0 aromatic heterocycles. The lowest BCUT2D eigenvalue weighted by Gasteiger charge is -2.40. The van der Waals surface area contributed by atoms with Crippen molar-refractivity contribution in [2.24, 2.45) is 0 Å². The minimum Gasteiger partial charge on any atom is -0.480 e. The Morgan fingerprint density at radius 2 is 2.14 bits per heavy atom. The van der Waals surface area contributed by atoms with Crippen LogP contribution in [0.2, 0.25) is 0 Å². The van der Waals surface area contributed by atoms with Crippen LogP contribution in [0.25, 0.3) is 0 Å². The second-order valence-corrected chi connectivity index (χ2v) is 4.08. The summed E-state index contributed by atoms with van der Waals surface area (Å²) < 4.78 is 5.54. The third kappa shape index (κ3) is 1.91. The summed E-state index contributed by atoms with van der Waals surface area (Å²) in [5.41, 5.74) is 0. The van der Waals surface area contributed by atoms with E-state index in [4.69, 9.17) is 9.84 Å². The number of hydrogen-bond donors (Lipinski definition) is 1. The molecule has 2 fully saturated rings. The van der Waals surface area contributed by atoms with Crippen LogP contribution in [0.4, 0.5) is 0 Å². The fraction of sp³-hybridized carbons (Fsp3) is 0.900. The van der Waals surface area contributed by atoms with Crippen molar-refractivity contribution in [3.8, 4) is 0 Å². The van der Waals surface area contributed by atoms with Gasteiger partial charge in [-0.05, 0) is 25.7 Å². The molecule has 4 nitrogen and oxygen atoms in total. The molecule has 2 aliphatic heterocycles. The maximum absolute atomic E-state index is 11.1. The van der Waals surface area contributed by atoms with Crippen molar-refractivity contribution in [2.75, 3.05) is 19.7 Å². The van der Waals surface area contributed by atoms with Crippen LogP contribution in [0, 0.1) is 0 Å². The van der Waals surface area contributed by atoms with E-state index in [1.807, 2.05) is 4.90 Å². The zero-order chi connectivity index (χ0) is 9.97. The van der Waals surface area contributed by atoms with Crippen LogP contribution >= 0.6 is 0 Å². The Bertz CT molecular complexity index is 209. The summed E-state index contributed by atoms with van der Waals surface area (Å²) in [4.78, 5) is 13.1. The van der Waals surface area contributed by atoms with E-state index in [9.17, 15) is 4.79 Å². The molecule has 0 aromatic rings. The van der Waals surface area contributed by atoms with E-state index in [1.165, 1.54) is 0 Å². The lowest BCUT2D eigenvalue weighted by molar-refractivity contribution is -0.154. The Hall–Kier alpha value is -0.610. The van der Waals surface area contributed by atoms with Gasteiger partial charge in [0, 0.05) is 19.7 Å². The van der Waals surface area contributed by atoms with Crippen LogP contribution in [-0.4, -0.2) is 47.8 Å². The Morgan fingerprint density at radius 3 is 2.57 bits per heavy atom. The molecule has 14 heavy (non-hydrogen) atoms. The molecule has 1 N–H and O–H groups in total. The van der Waals surface area contributed by atoms with Crippen LogP contribution in [0.1, 0.15) is 25.7 Å². The topological polar surface area (TPSA) is 49.8 Å². The van der Waals surface area contributed by atoms with Crippen LogP contribution in [0.15, 0.2) is 0 Å². The predicted molar refractivity (Wildman–Crippen MR) is 51.2 cm³/mol. The highest BCUT2D eigenvalue weighted by Crippen LogP contribution is 2.23. The summed E-state index contributed by atoms with van der Waals surface area (Å²) in [6, 6.07) is -0.399. The van der Waals surface area contributed by atoms with Gasteiger partial charge in [0.1, 0.15) is 6.04 Å². The van der Waals surface area contributed by atoms with Crippen LogP contribution in [0.5, 0.6) is 0 Å². The molecule has 2 unspecified atom stereocenters. The van der Waals surface area contributed by atoms with Gasteiger partial charge in [-0.3, -0.25) is 9.69 Å². The summed E-state index contributed by atoms with van der Waals surface area (Å²) in [5.74, 6) is -0.725. The van der Waals surface area contributed by atoms with Crippen molar-refractivity contribution < 1.29 is 14.6 Å². The normalized spacial score (nSPS) is 30.7. The number of carbonyl (C=O) groups is 1. The van der Waals surface area contributed by atoms with E-state index >= 15 is 0 Å². The summed E-state index contributed by atoms with van der Waals surface area (Å²) in [6.45, 7) is 2.55. The van der Waals surface area contributed by atoms with E-state index < -0.39 is 12.0 Å². The number of hydrogen-bond acceptors (Lipinski definition) is 3. The van der Waals surface area contributed by atoms with E-state index in [0.717, 1.165) is 45.4 Å². The van der Waals surface area contributed by atoms with Crippen LogP contribution in [0.3, 0.4) is 0 Å². The van der Waals surface area contributed by atoms with Gasteiger partial charge in [0.25, 0.3) is 0 Å². The third-order valence-corrected chi connectivity index (χ3v) is 3.10. The molecule has 0 radical (unpaired) electrons. The molecule has 2 atom stereocenters. The lowest BCUT2D eigenvalue weighted by Crippen LogP contribution is -2.55. The van der Waals surface area contributed by atoms with E-state index in [0.29, 0.717) is 0 Å². The van der Waals surface area contributed by atoms with Crippen molar-refractivity contribution in [3.63, 3.8) is 0 Å². The molecular weight excluding hydrogens is 182 g/mol. The van der Waals surface area contributed by atoms with Gasteiger partial charge in [0.2, 0.25) is 0 Å². The molecule has 0 saturated carbocycles. The van der Waals surface area contributed by atoms with E-state index in [1.54, 1.807) is 0 Å². The Balaban J connectivity index is 1.97. The summed E-state index contributed by atoms with van der Waals surface area (Å²) in [6.07, 6.45) is 4.11. The van der Waals surface area contributed by atoms with Gasteiger partial charge in [0.15, 0.2) is 0 Å². The van der Waals surface area contributed by atoms with Gasteiger partial charge in [-0.15, -0.1) is 0 Å². The molecule has 0 amide bonds. The van der Waals surface area contributed by atoms with Gasteiger partial charge >= 0.3 is 5.97 Å². The number of ether oxygens (including phenoxy) is 1. The van der Waals surface area contributed by atoms with Crippen LogP contribution in [-0.2, 0) is 9.53 Å². The molecular formula is C10H17NO3. The quantitative estimate of drug-likeness (QED) is 0.727. The molecule has 0 aromatic carbocycles. The minimum atomic E-state index is -0.725. The molecule has 0 spiro atoms. The zero-order valence-corrected chi connectivity index (χ0v) is 8.32. The maximum Gasteiger partial charge on any atom is 0.323 e. The van der Waals surface area contributed by atoms with E-state index in [2.05, 4.69) is 0 Å². The first-order valence-corrected chi connectivity index (χ1v) is 5.37. The van der Waals surface area contributed by atoms with E-state index in [-0.39, 0.29) is 6.10 Å². The van der Waals surface area contributed by atoms with Crippen LogP contribution < -0.4 is 0 Å². The Labute approximate surface area is 83.8 Å². The summed E-state index contributed by atoms with van der Waals surface area (Å²) in [7, 11) is 0. The number of carboxylic acid groups (broad SMARTS) is 1. The summed E-state index contributed by atoms with van der Waals surface area (Å²) >= 11 is 0. The van der Waals surface area contributed by atoms with Gasteiger partial charge < -0.3 is 9.84 Å². The molecule has 2 aliphatic rings. The third-order valence-electron chi connectivity index (χ3n) is 3.10. The SMILES string of the molecule is O=C(O)C(C1CCCCO1)N1CCC1. The highest BCUT2D eigenvalue weighted by molar-refractivity contribution is 5.74. The average molecular weight is 199 g/mol. The zero-order valence-electron chi connectivity index (χ0n) is 8.32. The standard InChI is InChI=1S/C10H17NO3/c12-10(13)9(11-5-3-6-11)8-4-1-2-7-14-8/h8-9H,1-7H2,(H,12,13). The van der Waals surface area contributed by atoms with Gasteiger partial charge in [-0.2, -0.15) is 0 Å². The van der Waals surface area contributed by atoms with Crippen molar-refractivity contribution in [1.82, 2.24) is 4.90 Å². The van der Waals surface area contributed by atoms with Crippen molar-refractivity contribution in [1.29, 1.82) is 0 Å². The number of aliphatic carboxylic acids is 1. The fourth-order valence-electron chi connectivity index (χ4n) is 2.18. The monoisotopic (exact) mass is 199 g/mol. The average Bonchev–Trinajstić information content (AvgIpc) is 2.12. The molecule has 2 saturated heterocycles. The Kier molecular flexibility index (Phi) is 3.03. The first-order valence-electron chi connectivity index (χ1n) is 5.37. The highest BCUT2D eigenvalue weighted by Gasteiger charge is 2.37. The Morgan fingerprint density at radius 1 is 1.36 bits per heavy atom. The molecule has 0 bridgehead atoms. The van der Waals surface area contributed by atoms with Crippen molar-refractivity contribution in [3.05, 3.63) is 0 Å². The number of nitrogens with zero attached hydrogens (tertiary/aromatic N) is 1. The fourth-order valence-corrected chi connectivity index (χ4v) is 2.18. The largest absolute Gasteiger partial charge is 0.480 e. The highest BCUT2D eigenvalue weighted by atomic mass is 16.5. The molecule has 80 valence electrons. The molecule has 2 heterocycles. The first kappa shape index (κ1) is 9.93. The second-order valence-electron chi connectivity index (χ2n) is 4.08. The molecule has 2 rings (SSSR count). The first-order chi connectivity index (χ1) is 6.79. The number of rotatable bonds is 3. The minimum absolute atomic E-state index is 0.0819.